The van der Waals surface area contributed by atoms with Crippen LogP contribution in [0.15, 0.2) is 24.3 Å². The molecule has 1 aliphatic carbocycles. The SMILES string of the molecule is O=C(CNC(=O)c1ccc(N2CCCC2=O)cc1)NC1CCC(O)CC1. The average Bonchev–Trinajstić information content (AvgIpc) is 3.08. The van der Waals surface area contributed by atoms with Gasteiger partial charge in [0.05, 0.1) is 12.6 Å². The Morgan fingerprint density at radius 2 is 1.81 bits per heavy atom. The lowest BCUT2D eigenvalue weighted by Crippen LogP contribution is -2.43. The van der Waals surface area contributed by atoms with Gasteiger partial charge in [-0.2, -0.15) is 0 Å². The minimum absolute atomic E-state index is 0.0695. The highest BCUT2D eigenvalue weighted by molar-refractivity contribution is 5.98. The third kappa shape index (κ3) is 4.60. The second-order valence-corrected chi connectivity index (χ2v) is 6.95. The highest BCUT2D eigenvalue weighted by atomic mass is 16.3. The summed E-state index contributed by atoms with van der Waals surface area (Å²) in [5.74, 6) is -0.438. The van der Waals surface area contributed by atoms with Crippen molar-refractivity contribution in [2.45, 2.75) is 50.7 Å². The Kier molecular flexibility index (Phi) is 5.88. The number of anilines is 1. The molecule has 0 unspecified atom stereocenters. The van der Waals surface area contributed by atoms with E-state index in [1.54, 1.807) is 29.2 Å². The smallest absolute Gasteiger partial charge is 0.251 e. The number of nitrogens with one attached hydrogen (secondary N) is 2. The summed E-state index contributed by atoms with van der Waals surface area (Å²) in [6.07, 6.45) is 4.08. The van der Waals surface area contributed by atoms with Gasteiger partial charge in [0.15, 0.2) is 0 Å². The van der Waals surface area contributed by atoms with Gasteiger partial charge in [-0.25, -0.2) is 0 Å². The molecule has 7 nitrogen and oxygen atoms in total. The van der Waals surface area contributed by atoms with E-state index in [0.29, 0.717) is 31.4 Å². The summed E-state index contributed by atoms with van der Waals surface area (Å²) in [5.41, 5.74) is 1.25. The molecule has 140 valence electrons. The van der Waals surface area contributed by atoms with E-state index in [1.807, 2.05) is 0 Å². The van der Waals surface area contributed by atoms with Gasteiger partial charge in [-0.1, -0.05) is 0 Å². The Morgan fingerprint density at radius 3 is 2.42 bits per heavy atom. The van der Waals surface area contributed by atoms with Gasteiger partial charge in [0, 0.05) is 30.3 Å². The van der Waals surface area contributed by atoms with Crippen LogP contribution in [0, 0.1) is 0 Å². The molecule has 0 atom stereocenters. The van der Waals surface area contributed by atoms with E-state index >= 15 is 0 Å². The molecule has 3 rings (SSSR count). The molecule has 7 heteroatoms. The molecular formula is C19H25N3O4. The molecule has 3 N–H and O–H groups in total. The number of hydrogen-bond acceptors (Lipinski definition) is 4. The number of nitrogens with zero attached hydrogens (tertiary/aromatic N) is 1. The molecule has 1 saturated heterocycles. The molecule has 1 aromatic rings. The van der Waals surface area contributed by atoms with Crippen molar-refractivity contribution in [1.29, 1.82) is 0 Å². The van der Waals surface area contributed by atoms with Crippen LogP contribution in [0.5, 0.6) is 0 Å². The normalized spacial score (nSPS) is 23.0. The first-order valence-electron chi connectivity index (χ1n) is 9.19. The number of amides is 3. The van der Waals surface area contributed by atoms with Crippen molar-refractivity contribution in [1.82, 2.24) is 10.6 Å². The quantitative estimate of drug-likeness (QED) is 0.729. The van der Waals surface area contributed by atoms with E-state index in [1.165, 1.54) is 0 Å². The topological polar surface area (TPSA) is 98.7 Å². The molecule has 1 aromatic carbocycles. The van der Waals surface area contributed by atoms with E-state index < -0.39 is 0 Å². The van der Waals surface area contributed by atoms with Gasteiger partial charge in [-0.05, 0) is 56.4 Å². The Bertz CT molecular complexity index is 666. The summed E-state index contributed by atoms with van der Waals surface area (Å²) < 4.78 is 0. The Balaban J connectivity index is 1.45. The highest BCUT2D eigenvalue weighted by Crippen LogP contribution is 2.21. The zero-order valence-corrected chi connectivity index (χ0v) is 14.7. The summed E-state index contributed by atoms with van der Waals surface area (Å²) in [5, 5.41) is 15.0. The van der Waals surface area contributed by atoms with Crippen LogP contribution in [0.1, 0.15) is 48.9 Å². The molecule has 1 aliphatic heterocycles. The summed E-state index contributed by atoms with van der Waals surface area (Å²) in [4.78, 5) is 37.6. The molecule has 0 aromatic heterocycles. The molecule has 1 heterocycles. The van der Waals surface area contributed by atoms with Gasteiger partial charge in [0.2, 0.25) is 11.8 Å². The zero-order chi connectivity index (χ0) is 18.5. The standard InChI is InChI=1S/C19H25N3O4/c23-16-9-5-14(6-10-16)21-17(24)12-20-19(26)13-3-7-15(8-4-13)22-11-1-2-18(22)25/h3-4,7-8,14,16,23H,1-2,5-6,9-12H2,(H,20,26)(H,21,24). The molecule has 2 fully saturated rings. The summed E-state index contributed by atoms with van der Waals surface area (Å²) >= 11 is 0. The molecule has 0 radical (unpaired) electrons. The van der Waals surface area contributed by atoms with Gasteiger partial charge in [0.1, 0.15) is 0 Å². The predicted molar refractivity (Wildman–Crippen MR) is 96.8 cm³/mol. The van der Waals surface area contributed by atoms with Gasteiger partial charge in [0.25, 0.3) is 5.91 Å². The maximum Gasteiger partial charge on any atom is 0.251 e. The third-order valence-electron chi connectivity index (χ3n) is 4.99. The van der Waals surface area contributed by atoms with Crippen LogP contribution in [-0.4, -0.2) is 48.1 Å². The lowest BCUT2D eigenvalue weighted by atomic mass is 9.93. The van der Waals surface area contributed by atoms with Crippen molar-refractivity contribution >= 4 is 23.4 Å². The van der Waals surface area contributed by atoms with Crippen LogP contribution in [0.25, 0.3) is 0 Å². The third-order valence-corrected chi connectivity index (χ3v) is 4.99. The van der Waals surface area contributed by atoms with E-state index in [0.717, 1.165) is 24.9 Å². The van der Waals surface area contributed by atoms with Crippen molar-refractivity contribution in [2.24, 2.45) is 0 Å². The first-order chi connectivity index (χ1) is 12.5. The van der Waals surface area contributed by atoms with Crippen molar-refractivity contribution < 1.29 is 19.5 Å². The average molecular weight is 359 g/mol. The van der Waals surface area contributed by atoms with Crippen molar-refractivity contribution in [3.8, 4) is 0 Å². The highest BCUT2D eigenvalue weighted by Gasteiger charge is 2.22. The molecule has 0 spiro atoms. The number of rotatable bonds is 5. The summed E-state index contributed by atoms with van der Waals surface area (Å²) in [6, 6.07) is 6.91. The largest absolute Gasteiger partial charge is 0.393 e. The second-order valence-electron chi connectivity index (χ2n) is 6.95. The Hall–Kier alpha value is -2.41. The van der Waals surface area contributed by atoms with Crippen LogP contribution in [-0.2, 0) is 9.59 Å². The second kappa shape index (κ2) is 8.31. The zero-order valence-electron chi connectivity index (χ0n) is 14.7. The summed E-state index contributed by atoms with van der Waals surface area (Å²) in [6.45, 7) is 0.632. The number of aliphatic hydroxyl groups is 1. The number of benzene rings is 1. The summed E-state index contributed by atoms with van der Waals surface area (Å²) in [7, 11) is 0. The van der Waals surface area contributed by atoms with Crippen molar-refractivity contribution in [3.05, 3.63) is 29.8 Å². The molecule has 3 amide bonds. The van der Waals surface area contributed by atoms with Crippen molar-refractivity contribution in [3.63, 3.8) is 0 Å². The van der Waals surface area contributed by atoms with E-state index in [2.05, 4.69) is 10.6 Å². The number of carbonyl (C=O) groups is 3. The maximum atomic E-state index is 12.2. The molecular weight excluding hydrogens is 334 g/mol. The Labute approximate surface area is 152 Å². The minimum atomic E-state index is -0.321. The predicted octanol–water partition coefficient (Wildman–Crippen LogP) is 0.963. The van der Waals surface area contributed by atoms with Crippen LogP contribution < -0.4 is 15.5 Å². The van der Waals surface area contributed by atoms with E-state index in [-0.39, 0.29) is 36.4 Å². The molecule has 1 saturated carbocycles. The van der Waals surface area contributed by atoms with Gasteiger partial charge in [-0.3, -0.25) is 14.4 Å². The fraction of sp³-hybridized carbons (Fsp3) is 0.526. The first kappa shape index (κ1) is 18.4. The van der Waals surface area contributed by atoms with Crippen LogP contribution >= 0.6 is 0 Å². The van der Waals surface area contributed by atoms with Crippen LogP contribution in [0.3, 0.4) is 0 Å². The number of aliphatic hydroxyl groups excluding tert-OH is 1. The monoisotopic (exact) mass is 359 g/mol. The fourth-order valence-corrected chi connectivity index (χ4v) is 3.48. The van der Waals surface area contributed by atoms with Crippen molar-refractivity contribution in [2.75, 3.05) is 18.0 Å². The maximum absolute atomic E-state index is 12.2. The van der Waals surface area contributed by atoms with Gasteiger partial charge in [-0.15, -0.1) is 0 Å². The van der Waals surface area contributed by atoms with E-state index in [4.69, 9.17) is 0 Å². The van der Waals surface area contributed by atoms with Crippen LogP contribution in [0.4, 0.5) is 5.69 Å². The van der Waals surface area contributed by atoms with Crippen LogP contribution in [0.2, 0.25) is 0 Å². The number of hydrogen-bond donors (Lipinski definition) is 3. The fourth-order valence-electron chi connectivity index (χ4n) is 3.48. The molecule has 26 heavy (non-hydrogen) atoms. The number of carbonyl (C=O) groups excluding carboxylic acids is 3. The minimum Gasteiger partial charge on any atom is -0.393 e. The first-order valence-corrected chi connectivity index (χ1v) is 9.19. The Morgan fingerprint density at radius 1 is 1.12 bits per heavy atom. The lowest BCUT2D eigenvalue weighted by molar-refractivity contribution is -0.121. The molecule has 2 aliphatic rings. The van der Waals surface area contributed by atoms with Gasteiger partial charge >= 0.3 is 0 Å². The van der Waals surface area contributed by atoms with E-state index in [9.17, 15) is 19.5 Å². The lowest BCUT2D eigenvalue weighted by Gasteiger charge is -2.26. The van der Waals surface area contributed by atoms with Gasteiger partial charge < -0.3 is 20.6 Å². The molecule has 0 bridgehead atoms.